The molecule has 0 bridgehead atoms. The molecule has 1 aromatic rings. The van der Waals surface area contributed by atoms with Crippen LogP contribution in [0.4, 0.5) is 0 Å². The zero-order valence-electron chi connectivity index (χ0n) is 9.84. The van der Waals surface area contributed by atoms with Crippen LogP contribution in [0.1, 0.15) is 31.7 Å². The molecule has 1 heterocycles. The number of thiophene rings is 1. The average Bonchev–Trinajstić information content (AvgIpc) is 2.54. The molecule has 16 heavy (non-hydrogen) atoms. The normalized spacial score (nSPS) is 13.8. The maximum Gasteiger partial charge on any atom is 0.0843 e. The molecule has 1 unspecified atom stereocenters. The van der Waals surface area contributed by atoms with Gasteiger partial charge in [-0.3, -0.25) is 4.90 Å². The van der Waals surface area contributed by atoms with Crippen molar-refractivity contribution >= 4 is 43.2 Å². The van der Waals surface area contributed by atoms with Gasteiger partial charge in [-0.2, -0.15) is 0 Å². The predicted molar refractivity (Wildman–Crippen MR) is 79.0 cm³/mol. The van der Waals surface area contributed by atoms with Crippen molar-refractivity contribution in [1.82, 2.24) is 4.90 Å². The number of nitrogens with zero attached hydrogens (tertiary/aromatic N) is 1. The summed E-state index contributed by atoms with van der Waals surface area (Å²) in [6, 6.07) is 2.99. The van der Waals surface area contributed by atoms with Crippen molar-refractivity contribution in [3.63, 3.8) is 0 Å². The molecule has 5 heteroatoms. The van der Waals surface area contributed by atoms with Gasteiger partial charge < -0.3 is 5.73 Å². The van der Waals surface area contributed by atoms with Crippen molar-refractivity contribution in [3.05, 3.63) is 19.2 Å². The Balaban J connectivity index is 2.96. The molecule has 0 aliphatic carbocycles. The molecule has 0 saturated heterocycles. The van der Waals surface area contributed by atoms with E-state index in [2.05, 4.69) is 63.6 Å². The summed E-state index contributed by atoms with van der Waals surface area (Å²) in [5.41, 5.74) is 5.91. The fraction of sp³-hybridized carbons (Fsp3) is 0.636. The van der Waals surface area contributed by atoms with E-state index in [1.165, 1.54) is 4.88 Å². The quantitative estimate of drug-likeness (QED) is 0.849. The Morgan fingerprint density at radius 2 is 2.06 bits per heavy atom. The van der Waals surface area contributed by atoms with Crippen LogP contribution in [-0.4, -0.2) is 24.0 Å². The summed E-state index contributed by atoms with van der Waals surface area (Å²) in [5.74, 6) is 0. The molecule has 0 radical (unpaired) electrons. The predicted octanol–water partition coefficient (Wildman–Crippen LogP) is 4.00. The maximum absolute atomic E-state index is 5.91. The van der Waals surface area contributed by atoms with Crippen LogP contribution >= 0.6 is 43.2 Å². The lowest BCUT2D eigenvalue weighted by Crippen LogP contribution is -2.38. The molecular formula is C11H18Br2N2S. The van der Waals surface area contributed by atoms with Crippen LogP contribution in [0.5, 0.6) is 0 Å². The minimum absolute atomic E-state index is 0.317. The van der Waals surface area contributed by atoms with Crippen LogP contribution in [0.15, 0.2) is 14.3 Å². The molecule has 2 N–H and O–H groups in total. The van der Waals surface area contributed by atoms with Gasteiger partial charge in [-0.15, -0.1) is 11.3 Å². The standard InChI is InChI=1S/C11H18Br2N2S/c1-4-15(7(2)3)9(6-14)10-5-8(12)11(13)16-10/h5,7,9H,4,6,14H2,1-3H3. The van der Waals surface area contributed by atoms with Gasteiger partial charge in [-0.25, -0.2) is 0 Å². The van der Waals surface area contributed by atoms with Crippen molar-refractivity contribution < 1.29 is 0 Å². The van der Waals surface area contributed by atoms with Gasteiger partial charge in [0.15, 0.2) is 0 Å². The van der Waals surface area contributed by atoms with Gasteiger partial charge in [-0.1, -0.05) is 6.92 Å². The summed E-state index contributed by atoms with van der Waals surface area (Å²) in [4.78, 5) is 3.74. The lowest BCUT2D eigenvalue weighted by Gasteiger charge is -2.32. The van der Waals surface area contributed by atoms with Gasteiger partial charge in [0.05, 0.1) is 9.83 Å². The second kappa shape index (κ2) is 6.50. The topological polar surface area (TPSA) is 29.3 Å². The summed E-state index contributed by atoms with van der Waals surface area (Å²) in [6.07, 6.45) is 0. The third-order valence-corrected chi connectivity index (χ3v) is 6.00. The number of hydrogen-bond acceptors (Lipinski definition) is 3. The second-order valence-electron chi connectivity index (χ2n) is 3.95. The molecular weight excluding hydrogens is 352 g/mol. The van der Waals surface area contributed by atoms with Crippen LogP contribution in [0, 0.1) is 0 Å². The SMILES string of the molecule is CCN(C(C)C)C(CN)c1cc(Br)c(Br)s1. The van der Waals surface area contributed by atoms with Crippen LogP contribution < -0.4 is 5.73 Å². The molecule has 0 amide bonds. The molecule has 0 aliphatic heterocycles. The molecule has 0 aromatic carbocycles. The van der Waals surface area contributed by atoms with Gasteiger partial charge >= 0.3 is 0 Å². The van der Waals surface area contributed by atoms with E-state index in [0.717, 1.165) is 14.8 Å². The largest absolute Gasteiger partial charge is 0.329 e. The molecule has 1 atom stereocenters. The molecule has 92 valence electrons. The highest BCUT2D eigenvalue weighted by Crippen LogP contribution is 2.37. The first kappa shape index (κ1) is 14.6. The van der Waals surface area contributed by atoms with Gasteiger partial charge in [0.25, 0.3) is 0 Å². The lowest BCUT2D eigenvalue weighted by atomic mass is 10.1. The van der Waals surface area contributed by atoms with E-state index in [-0.39, 0.29) is 0 Å². The number of rotatable bonds is 5. The minimum Gasteiger partial charge on any atom is -0.329 e. The molecule has 0 spiro atoms. The van der Waals surface area contributed by atoms with Crippen LogP contribution in [0.25, 0.3) is 0 Å². The van der Waals surface area contributed by atoms with Crippen LogP contribution in [0.2, 0.25) is 0 Å². The summed E-state index contributed by atoms with van der Waals surface area (Å²) >= 11 is 8.82. The Bertz CT molecular complexity index is 319. The van der Waals surface area contributed by atoms with Gasteiger partial charge in [0, 0.05) is 21.9 Å². The highest BCUT2D eigenvalue weighted by Gasteiger charge is 2.22. The van der Waals surface area contributed by atoms with E-state index in [1.807, 2.05) is 0 Å². The van der Waals surface area contributed by atoms with Crippen molar-refractivity contribution in [2.24, 2.45) is 5.73 Å². The van der Waals surface area contributed by atoms with E-state index in [4.69, 9.17) is 5.73 Å². The highest BCUT2D eigenvalue weighted by molar-refractivity contribution is 9.13. The van der Waals surface area contributed by atoms with Crippen molar-refractivity contribution in [3.8, 4) is 0 Å². The van der Waals surface area contributed by atoms with Crippen molar-refractivity contribution in [2.75, 3.05) is 13.1 Å². The zero-order chi connectivity index (χ0) is 12.3. The maximum atomic E-state index is 5.91. The first-order chi connectivity index (χ1) is 7.51. The summed E-state index contributed by atoms with van der Waals surface area (Å²) < 4.78 is 2.26. The molecule has 2 nitrogen and oxygen atoms in total. The Labute approximate surface area is 118 Å². The van der Waals surface area contributed by atoms with Crippen LogP contribution in [-0.2, 0) is 0 Å². The summed E-state index contributed by atoms with van der Waals surface area (Å²) in [5, 5.41) is 0. The van der Waals surface area contributed by atoms with Gasteiger partial charge in [0.1, 0.15) is 0 Å². The summed E-state index contributed by atoms with van der Waals surface area (Å²) in [7, 11) is 0. The van der Waals surface area contributed by atoms with Crippen molar-refractivity contribution in [2.45, 2.75) is 32.9 Å². The van der Waals surface area contributed by atoms with Crippen molar-refractivity contribution in [1.29, 1.82) is 0 Å². The smallest absolute Gasteiger partial charge is 0.0843 e. The molecule has 0 fully saturated rings. The Morgan fingerprint density at radius 3 is 2.38 bits per heavy atom. The number of halogens is 2. The Hall–Kier alpha value is 0.580. The molecule has 0 aliphatic rings. The zero-order valence-corrected chi connectivity index (χ0v) is 13.8. The fourth-order valence-electron chi connectivity index (χ4n) is 1.89. The number of nitrogens with two attached hydrogens (primary N) is 1. The number of hydrogen-bond donors (Lipinski definition) is 1. The van der Waals surface area contributed by atoms with E-state index in [9.17, 15) is 0 Å². The summed E-state index contributed by atoms with van der Waals surface area (Å²) in [6.45, 7) is 8.28. The fourth-order valence-corrected chi connectivity index (χ4v) is 4.11. The molecule has 1 aromatic heterocycles. The molecule has 0 saturated carbocycles. The Morgan fingerprint density at radius 1 is 1.44 bits per heavy atom. The first-order valence-electron chi connectivity index (χ1n) is 5.41. The second-order valence-corrected chi connectivity index (χ2v) is 7.20. The third kappa shape index (κ3) is 3.29. The van der Waals surface area contributed by atoms with Crippen LogP contribution in [0.3, 0.4) is 0 Å². The van der Waals surface area contributed by atoms with E-state index in [0.29, 0.717) is 18.6 Å². The van der Waals surface area contributed by atoms with E-state index < -0.39 is 0 Å². The molecule has 1 rings (SSSR count). The van der Waals surface area contributed by atoms with Gasteiger partial charge in [0.2, 0.25) is 0 Å². The van der Waals surface area contributed by atoms with E-state index >= 15 is 0 Å². The van der Waals surface area contributed by atoms with Gasteiger partial charge in [-0.05, 0) is 58.3 Å². The minimum atomic E-state index is 0.317. The number of likely N-dealkylation sites (N-methyl/N-ethyl adjacent to an activating group) is 1. The first-order valence-corrected chi connectivity index (χ1v) is 7.82. The highest BCUT2D eigenvalue weighted by atomic mass is 79.9. The van der Waals surface area contributed by atoms with E-state index in [1.54, 1.807) is 11.3 Å². The average molecular weight is 370 g/mol. The third-order valence-electron chi connectivity index (χ3n) is 2.64. The monoisotopic (exact) mass is 368 g/mol. The lowest BCUT2D eigenvalue weighted by molar-refractivity contribution is 0.169. The Kier molecular flexibility index (Phi) is 5.94.